The van der Waals surface area contributed by atoms with Gasteiger partial charge in [-0.15, -0.1) is 0 Å². The molecule has 0 bridgehead atoms. The minimum absolute atomic E-state index is 0.520. The van der Waals surface area contributed by atoms with Crippen LogP contribution in [0, 0.1) is 6.92 Å². The van der Waals surface area contributed by atoms with Gasteiger partial charge in [0, 0.05) is 19.3 Å². The molecule has 0 aliphatic carbocycles. The molecule has 0 saturated heterocycles. The highest BCUT2D eigenvalue weighted by Gasteiger charge is 2.10. The van der Waals surface area contributed by atoms with Crippen LogP contribution in [0.15, 0.2) is 12.3 Å². The molecule has 0 aliphatic heterocycles. The van der Waals surface area contributed by atoms with E-state index in [2.05, 4.69) is 35.1 Å². The molecule has 0 saturated carbocycles. The van der Waals surface area contributed by atoms with Crippen molar-refractivity contribution in [2.24, 2.45) is 0 Å². The predicted octanol–water partition coefficient (Wildman–Crippen LogP) is 2.36. The van der Waals surface area contributed by atoms with E-state index in [4.69, 9.17) is 0 Å². The average molecular weight is 225 g/mol. The van der Waals surface area contributed by atoms with Crippen LogP contribution in [0.2, 0.25) is 0 Å². The standard InChI is InChI=1S/C11H19N3S/c1-9(6-8-15-4)14(3)11-5-7-12-10(2)13-11/h5,7,9H,6,8H2,1-4H3. The fourth-order valence-corrected chi connectivity index (χ4v) is 1.92. The molecule has 3 nitrogen and oxygen atoms in total. The first-order valence-electron chi connectivity index (χ1n) is 5.16. The molecule has 1 heterocycles. The van der Waals surface area contributed by atoms with E-state index in [0.29, 0.717) is 6.04 Å². The Bertz CT molecular complexity index is 304. The summed E-state index contributed by atoms with van der Waals surface area (Å²) in [5.41, 5.74) is 0. The average Bonchev–Trinajstić information content (AvgIpc) is 2.24. The number of thioether (sulfide) groups is 1. The van der Waals surface area contributed by atoms with Gasteiger partial charge in [0.15, 0.2) is 0 Å². The molecule has 0 N–H and O–H groups in total. The molecule has 1 aromatic heterocycles. The maximum atomic E-state index is 4.41. The van der Waals surface area contributed by atoms with Gasteiger partial charge < -0.3 is 4.90 Å². The summed E-state index contributed by atoms with van der Waals surface area (Å²) in [7, 11) is 2.09. The molecule has 0 amide bonds. The maximum Gasteiger partial charge on any atom is 0.132 e. The summed E-state index contributed by atoms with van der Waals surface area (Å²) in [6, 6.07) is 2.48. The smallest absolute Gasteiger partial charge is 0.132 e. The lowest BCUT2D eigenvalue weighted by atomic mass is 10.2. The van der Waals surface area contributed by atoms with Crippen molar-refractivity contribution in [3.63, 3.8) is 0 Å². The van der Waals surface area contributed by atoms with Crippen molar-refractivity contribution in [1.82, 2.24) is 9.97 Å². The minimum Gasteiger partial charge on any atom is -0.357 e. The van der Waals surface area contributed by atoms with Crippen molar-refractivity contribution in [1.29, 1.82) is 0 Å². The summed E-state index contributed by atoms with van der Waals surface area (Å²) < 4.78 is 0. The summed E-state index contributed by atoms with van der Waals surface area (Å²) in [4.78, 5) is 10.7. The van der Waals surface area contributed by atoms with Crippen LogP contribution in [0.25, 0.3) is 0 Å². The van der Waals surface area contributed by atoms with Crippen molar-refractivity contribution < 1.29 is 0 Å². The second kappa shape index (κ2) is 5.95. The van der Waals surface area contributed by atoms with Gasteiger partial charge in [-0.3, -0.25) is 0 Å². The van der Waals surface area contributed by atoms with E-state index in [9.17, 15) is 0 Å². The number of anilines is 1. The van der Waals surface area contributed by atoms with E-state index in [1.807, 2.05) is 30.9 Å². The van der Waals surface area contributed by atoms with Crippen LogP contribution in [0.5, 0.6) is 0 Å². The lowest BCUT2D eigenvalue weighted by molar-refractivity contribution is 0.660. The summed E-state index contributed by atoms with van der Waals surface area (Å²) in [5.74, 6) is 3.03. The van der Waals surface area contributed by atoms with E-state index >= 15 is 0 Å². The van der Waals surface area contributed by atoms with Crippen molar-refractivity contribution in [2.75, 3.05) is 24.0 Å². The zero-order chi connectivity index (χ0) is 11.3. The molecule has 4 heteroatoms. The van der Waals surface area contributed by atoms with Crippen molar-refractivity contribution >= 4 is 17.6 Å². The third kappa shape index (κ3) is 3.70. The fourth-order valence-electron chi connectivity index (χ4n) is 1.35. The molecule has 1 unspecified atom stereocenters. The highest BCUT2D eigenvalue weighted by Crippen LogP contribution is 2.14. The lowest BCUT2D eigenvalue weighted by Gasteiger charge is -2.25. The molecule has 15 heavy (non-hydrogen) atoms. The van der Waals surface area contributed by atoms with Crippen LogP contribution < -0.4 is 4.90 Å². The lowest BCUT2D eigenvalue weighted by Crippen LogP contribution is -2.30. The Morgan fingerprint density at radius 3 is 2.87 bits per heavy atom. The Morgan fingerprint density at radius 2 is 2.27 bits per heavy atom. The Balaban J connectivity index is 2.62. The molecular formula is C11H19N3S. The van der Waals surface area contributed by atoms with E-state index in [1.54, 1.807) is 0 Å². The first-order chi connectivity index (χ1) is 7.15. The highest BCUT2D eigenvalue weighted by molar-refractivity contribution is 7.98. The molecule has 0 spiro atoms. The molecular weight excluding hydrogens is 206 g/mol. The SMILES string of the molecule is CSCCC(C)N(C)c1ccnc(C)n1. The Morgan fingerprint density at radius 1 is 1.53 bits per heavy atom. The molecule has 0 aromatic carbocycles. The van der Waals surface area contributed by atoms with Gasteiger partial charge in [-0.2, -0.15) is 11.8 Å². The largest absolute Gasteiger partial charge is 0.357 e. The van der Waals surface area contributed by atoms with Gasteiger partial charge in [0.2, 0.25) is 0 Å². The molecule has 0 radical (unpaired) electrons. The first kappa shape index (κ1) is 12.3. The topological polar surface area (TPSA) is 29.0 Å². The second-order valence-corrected chi connectivity index (χ2v) is 4.69. The predicted molar refractivity (Wildman–Crippen MR) is 67.6 cm³/mol. The molecule has 0 fully saturated rings. The van der Waals surface area contributed by atoms with E-state index in [0.717, 1.165) is 11.6 Å². The highest BCUT2D eigenvalue weighted by atomic mass is 32.2. The molecule has 1 rings (SSSR count). The van der Waals surface area contributed by atoms with Gasteiger partial charge in [0.25, 0.3) is 0 Å². The van der Waals surface area contributed by atoms with Crippen LogP contribution in [0.4, 0.5) is 5.82 Å². The third-order valence-corrected chi connectivity index (χ3v) is 3.17. The fraction of sp³-hybridized carbons (Fsp3) is 0.636. The molecule has 0 aliphatic rings. The van der Waals surface area contributed by atoms with Gasteiger partial charge in [0.05, 0.1) is 0 Å². The molecule has 1 atom stereocenters. The summed E-state index contributed by atoms with van der Waals surface area (Å²) in [6.45, 7) is 4.15. The quantitative estimate of drug-likeness (QED) is 0.769. The summed E-state index contributed by atoms with van der Waals surface area (Å²) >= 11 is 1.89. The zero-order valence-electron chi connectivity index (χ0n) is 9.90. The number of rotatable bonds is 5. The number of aryl methyl sites for hydroxylation is 1. The van der Waals surface area contributed by atoms with Crippen LogP contribution in [-0.4, -0.2) is 35.1 Å². The Kier molecular flexibility index (Phi) is 4.88. The van der Waals surface area contributed by atoms with E-state index in [-0.39, 0.29) is 0 Å². The van der Waals surface area contributed by atoms with E-state index < -0.39 is 0 Å². The minimum atomic E-state index is 0.520. The van der Waals surface area contributed by atoms with Crippen LogP contribution in [0.1, 0.15) is 19.2 Å². The van der Waals surface area contributed by atoms with Gasteiger partial charge in [0.1, 0.15) is 11.6 Å². The van der Waals surface area contributed by atoms with Crippen molar-refractivity contribution in [3.05, 3.63) is 18.1 Å². The number of hydrogen-bond acceptors (Lipinski definition) is 4. The number of nitrogens with zero attached hydrogens (tertiary/aromatic N) is 3. The number of hydrogen-bond donors (Lipinski definition) is 0. The van der Waals surface area contributed by atoms with Gasteiger partial charge in [-0.1, -0.05) is 0 Å². The van der Waals surface area contributed by atoms with Gasteiger partial charge >= 0.3 is 0 Å². The van der Waals surface area contributed by atoms with E-state index in [1.165, 1.54) is 12.2 Å². The van der Waals surface area contributed by atoms with Crippen LogP contribution in [0.3, 0.4) is 0 Å². The second-order valence-electron chi connectivity index (χ2n) is 3.70. The summed E-state index contributed by atoms with van der Waals surface area (Å²) in [6.07, 6.45) is 5.14. The molecule has 1 aromatic rings. The van der Waals surface area contributed by atoms with Crippen LogP contribution >= 0.6 is 11.8 Å². The first-order valence-corrected chi connectivity index (χ1v) is 6.56. The zero-order valence-corrected chi connectivity index (χ0v) is 10.7. The Hall–Kier alpha value is -0.770. The Labute approximate surface area is 96.3 Å². The third-order valence-electron chi connectivity index (χ3n) is 2.52. The molecule has 84 valence electrons. The van der Waals surface area contributed by atoms with Gasteiger partial charge in [-0.05, 0) is 38.3 Å². The monoisotopic (exact) mass is 225 g/mol. The van der Waals surface area contributed by atoms with Crippen molar-refractivity contribution in [2.45, 2.75) is 26.3 Å². The number of aromatic nitrogens is 2. The van der Waals surface area contributed by atoms with Gasteiger partial charge in [-0.25, -0.2) is 9.97 Å². The summed E-state index contributed by atoms with van der Waals surface area (Å²) in [5, 5.41) is 0. The normalized spacial score (nSPS) is 12.5. The van der Waals surface area contributed by atoms with Crippen molar-refractivity contribution in [3.8, 4) is 0 Å². The maximum absolute atomic E-state index is 4.41. The van der Waals surface area contributed by atoms with Crippen LogP contribution in [-0.2, 0) is 0 Å².